The van der Waals surface area contributed by atoms with Crippen molar-refractivity contribution in [3.05, 3.63) is 54.0 Å². The smallest absolute Gasteiger partial charge is 0.407 e. The van der Waals surface area contributed by atoms with Crippen LogP contribution in [0.3, 0.4) is 0 Å². The minimum Gasteiger partial charge on any atom is -0.495 e. The van der Waals surface area contributed by atoms with E-state index in [0.717, 1.165) is 72.8 Å². The Balaban J connectivity index is 1.17. The van der Waals surface area contributed by atoms with Gasteiger partial charge < -0.3 is 19.2 Å². The van der Waals surface area contributed by atoms with Crippen LogP contribution in [0.15, 0.2) is 41.1 Å². The van der Waals surface area contributed by atoms with Gasteiger partial charge in [0.15, 0.2) is 5.89 Å². The number of oxazole rings is 1. The summed E-state index contributed by atoms with van der Waals surface area (Å²) in [5, 5.41) is 2.52. The fourth-order valence-electron chi connectivity index (χ4n) is 6.73. The first-order valence-corrected chi connectivity index (χ1v) is 16.0. The van der Waals surface area contributed by atoms with Crippen molar-refractivity contribution in [3.63, 3.8) is 0 Å². The van der Waals surface area contributed by atoms with E-state index in [1.165, 1.54) is 0 Å². The van der Waals surface area contributed by atoms with Gasteiger partial charge in [0.2, 0.25) is 5.91 Å². The van der Waals surface area contributed by atoms with Gasteiger partial charge in [0, 0.05) is 48.8 Å². The van der Waals surface area contributed by atoms with E-state index in [-0.39, 0.29) is 17.9 Å². The number of carbonyl (C=O) groups excluding carboxylic acids is 2. The van der Waals surface area contributed by atoms with Crippen LogP contribution in [0.25, 0.3) is 11.3 Å². The number of hydrogen-bond donors (Lipinski definition) is 1. The molecule has 0 radical (unpaired) electrons. The maximum atomic E-state index is 14.2. The molecule has 0 atom stereocenters. The Morgan fingerprint density at radius 1 is 0.977 bits per heavy atom. The highest BCUT2D eigenvalue weighted by atomic mass is 16.6. The monoisotopic (exact) mass is 601 g/mol. The van der Waals surface area contributed by atoms with Gasteiger partial charge in [-0.1, -0.05) is 0 Å². The zero-order valence-corrected chi connectivity index (χ0v) is 26.0. The number of aromatic nitrogens is 3. The first kappa shape index (κ1) is 30.1. The van der Waals surface area contributed by atoms with Crippen molar-refractivity contribution in [1.82, 2.24) is 20.3 Å². The van der Waals surface area contributed by atoms with Gasteiger partial charge in [0.05, 0.1) is 12.8 Å². The first-order chi connectivity index (χ1) is 21.4. The van der Waals surface area contributed by atoms with E-state index in [2.05, 4.69) is 11.4 Å². The predicted molar refractivity (Wildman–Crippen MR) is 166 cm³/mol. The molecule has 0 saturated heterocycles. The Morgan fingerprint density at radius 2 is 1.73 bits per heavy atom. The molecule has 3 saturated carbocycles. The maximum absolute atomic E-state index is 14.2. The van der Waals surface area contributed by atoms with Crippen molar-refractivity contribution >= 4 is 17.8 Å². The number of nitrogens with one attached hydrogen (secondary N) is 1. The summed E-state index contributed by atoms with van der Waals surface area (Å²) < 4.78 is 16.6. The summed E-state index contributed by atoms with van der Waals surface area (Å²) in [5.74, 6) is 3.42. The zero-order valence-electron chi connectivity index (χ0n) is 26.0. The van der Waals surface area contributed by atoms with Crippen LogP contribution in [0.1, 0.15) is 93.3 Å². The molecule has 0 spiro atoms. The van der Waals surface area contributed by atoms with E-state index in [9.17, 15) is 9.59 Å². The number of rotatable bonds is 9. The lowest BCUT2D eigenvalue weighted by atomic mass is 9.79. The van der Waals surface area contributed by atoms with Crippen molar-refractivity contribution in [2.75, 3.05) is 25.6 Å². The molecule has 1 N–H and O–H groups in total. The third-order valence-electron chi connectivity index (χ3n) is 9.52. The van der Waals surface area contributed by atoms with Crippen molar-refractivity contribution in [2.45, 2.75) is 89.1 Å². The average Bonchev–Trinajstić information content (AvgIpc) is 3.79. The summed E-state index contributed by atoms with van der Waals surface area (Å²) in [7, 11) is 3.23. The SMILES string of the molecule is CNC(=O)O[C@H]1CC[C@H](C(=O)N(C[C@H]2CC[C@H](c3ccc(OC)c(C)n3)CC2)c2cc(-c3coc(C4CC4)n3)ccn2)CC1. The van der Waals surface area contributed by atoms with Crippen LogP contribution >= 0.6 is 0 Å². The van der Waals surface area contributed by atoms with Crippen molar-refractivity contribution in [2.24, 2.45) is 11.8 Å². The van der Waals surface area contributed by atoms with Gasteiger partial charge in [0.25, 0.3) is 0 Å². The molecule has 10 nitrogen and oxygen atoms in total. The highest BCUT2D eigenvalue weighted by Crippen LogP contribution is 2.41. The van der Waals surface area contributed by atoms with Crippen LogP contribution in [-0.2, 0) is 9.53 Å². The second-order valence-corrected chi connectivity index (χ2v) is 12.6. The van der Waals surface area contributed by atoms with Crippen LogP contribution in [0.5, 0.6) is 5.75 Å². The van der Waals surface area contributed by atoms with Gasteiger partial charge in [-0.25, -0.2) is 14.8 Å². The highest BCUT2D eigenvalue weighted by molar-refractivity contribution is 5.94. The lowest BCUT2D eigenvalue weighted by Gasteiger charge is -2.35. The summed E-state index contributed by atoms with van der Waals surface area (Å²) >= 11 is 0. The maximum Gasteiger partial charge on any atom is 0.407 e. The molecule has 3 aliphatic carbocycles. The molecule has 3 heterocycles. The Kier molecular flexibility index (Phi) is 9.14. The van der Waals surface area contributed by atoms with Crippen LogP contribution in [-0.4, -0.2) is 53.8 Å². The van der Waals surface area contributed by atoms with Crippen molar-refractivity contribution in [3.8, 4) is 17.0 Å². The van der Waals surface area contributed by atoms with E-state index < -0.39 is 6.09 Å². The Morgan fingerprint density at radius 3 is 2.41 bits per heavy atom. The second kappa shape index (κ2) is 13.4. The molecular weight excluding hydrogens is 558 g/mol. The molecule has 3 aromatic rings. The minimum atomic E-state index is -0.421. The number of anilines is 1. The molecule has 0 unspecified atom stereocenters. The largest absolute Gasteiger partial charge is 0.495 e. The molecule has 10 heteroatoms. The van der Waals surface area contributed by atoms with E-state index in [4.69, 9.17) is 28.8 Å². The van der Waals surface area contributed by atoms with E-state index in [1.54, 1.807) is 26.6 Å². The van der Waals surface area contributed by atoms with Crippen LogP contribution in [0.4, 0.5) is 10.6 Å². The minimum absolute atomic E-state index is 0.0986. The van der Waals surface area contributed by atoms with E-state index in [1.807, 2.05) is 30.0 Å². The summed E-state index contributed by atoms with van der Waals surface area (Å²) in [6.45, 7) is 2.61. The van der Waals surface area contributed by atoms with Gasteiger partial charge >= 0.3 is 6.09 Å². The van der Waals surface area contributed by atoms with E-state index >= 15 is 0 Å². The van der Waals surface area contributed by atoms with Gasteiger partial charge in [-0.3, -0.25) is 14.7 Å². The number of nitrogens with zero attached hydrogens (tertiary/aromatic N) is 4. The van der Waals surface area contributed by atoms with Crippen LogP contribution < -0.4 is 15.0 Å². The molecule has 3 fully saturated rings. The Hall–Kier alpha value is -3.95. The molecular formula is C34H43N5O5. The second-order valence-electron chi connectivity index (χ2n) is 12.6. The van der Waals surface area contributed by atoms with Gasteiger partial charge in [-0.2, -0.15) is 0 Å². The quantitative estimate of drug-likeness (QED) is 0.293. The summed E-state index contributed by atoms with van der Waals surface area (Å²) in [6, 6.07) is 8.00. The molecule has 2 amide bonds. The molecule has 0 bridgehead atoms. The first-order valence-electron chi connectivity index (χ1n) is 16.0. The average molecular weight is 602 g/mol. The van der Waals surface area contributed by atoms with Gasteiger partial charge in [0.1, 0.15) is 29.6 Å². The number of aryl methyl sites for hydroxylation is 1. The fraction of sp³-hybridized carbons (Fsp3) is 0.559. The number of carbonyl (C=O) groups is 2. The van der Waals surface area contributed by atoms with Gasteiger partial charge in [-0.15, -0.1) is 0 Å². The third kappa shape index (κ3) is 6.89. The van der Waals surface area contributed by atoms with E-state index in [0.29, 0.717) is 55.8 Å². The van der Waals surface area contributed by atoms with Crippen LogP contribution in [0.2, 0.25) is 0 Å². The topological polar surface area (TPSA) is 120 Å². The molecule has 6 rings (SSSR count). The molecule has 3 aromatic heterocycles. The number of ether oxygens (including phenoxy) is 2. The molecule has 0 aliphatic heterocycles. The van der Waals surface area contributed by atoms with Crippen molar-refractivity contribution < 1.29 is 23.5 Å². The molecule has 44 heavy (non-hydrogen) atoms. The molecule has 0 aromatic carbocycles. The number of alkyl carbamates (subject to hydrolysis) is 1. The Bertz CT molecular complexity index is 1450. The Labute approximate surface area is 259 Å². The van der Waals surface area contributed by atoms with Gasteiger partial charge in [-0.05, 0) is 101 Å². The number of methoxy groups -OCH3 is 1. The highest BCUT2D eigenvalue weighted by Gasteiger charge is 2.35. The summed E-state index contributed by atoms with van der Waals surface area (Å²) in [6.07, 6.45) is 11.9. The fourth-order valence-corrected chi connectivity index (χ4v) is 6.73. The number of hydrogen-bond acceptors (Lipinski definition) is 8. The lowest BCUT2D eigenvalue weighted by Crippen LogP contribution is -2.42. The number of amides is 2. The molecule has 234 valence electrons. The van der Waals surface area contributed by atoms with Crippen LogP contribution in [0, 0.1) is 18.8 Å². The standard InChI is InChI=1S/C34H43N5O5/c1-21-30(42-3)15-14-28(37-21)23-6-4-22(5-7-23)19-39(33(40)25-10-12-27(13-11-25)44-34(41)35-2)31-18-26(16-17-36-31)29-20-43-32(38-29)24-8-9-24/h14-18,20,22-25,27H,4-13,19H2,1-3H3,(H,35,41)/t22-,23-,25-,27-. The zero-order chi connectivity index (χ0) is 30.6. The third-order valence-corrected chi connectivity index (χ3v) is 9.52. The molecule has 3 aliphatic rings. The lowest BCUT2D eigenvalue weighted by molar-refractivity contribution is -0.124. The van der Waals surface area contributed by atoms with Crippen molar-refractivity contribution in [1.29, 1.82) is 0 Å². The predicted octanol–water partition coefficient (Wildman–Crippen LogP) is 6.55. The number of pyridine rings is 2. The summed E-state index contributed by atoms with van der Waals surface area (Å²) in [4.78, 5) is 42.1. The normalized spacial score (nSPS) is 23.5. The summed E-state index contributed by atoms with van der Waals surface area (Å²) in [5.41, 5.74) is 3.72.